The zero-order chi connectivity index (χ0) is 13.9. The van der Waals surface area contributed by atoms with E-state index in [1.54, 1.807) is 12.4 Å². The van der Waals surface area contributed by atoms with Crippen LogP contribution in [-0.4, -0.2) is 15.0 Å². The fourth-order valence-corrected chi connectivity index (χ4v) is 2.97. The summed E-state index contributed by atoms with van der Waals surface area (Å²) in [5.41, 5.74) is 7.62. The predicted octanol–water partition coefficient (Wildman–Crippen LogP) is 3.55. The van der Waals surface area contributed by atoms with Gasteiger partial charge in [-0.05, 0) is 12.1 Å². The number of anilines is 1. The first kappa shape index (κ1) is 13.1. The molecule has 0 aliphatic carbocycles. The molecule has 2 N–H and O–H groups in total. The smallest absolute Gasteiger partial charge is 0.156 e. The molecule has 4 nitrogen and oxygen atoms in total. The number of benzene rings is 1. The van der Waals surface area contributed by atoms with Crippen molar-refractivity contribution in [3.63, 3.8) is 0 Å². The van der Waals surface area contributed by atoms with Crippen molar-refractivity contribution in [2.75, 3.05) is 5.73 Å². The van der Waals surface area contributed by atoms with E-state index in [2.05, 4.69) is 15.0 Å². The summed E-state index contributed by atoms with van der Waals surface area (Å²) in [4.78, 5) is 12.6. The lowest BCUT2D eigenvalue weighted by Gasteiger charge is -2.06. The van der Waals surface area contributed by atoms with Crippen LogP contribution < -0.4 is 5.73 Å². The second-order valence-electron chi connectivity index (χ2n) is 4.17. The molecule has 0 saturated carbocycles. The highest BCUT2D eigenvalue weighted by atomic mass is 35.5. The molecule has 0 spiro atoms. The molecule has 20 heavy (non-hydrogen) atoms. The molecule has 0 bridgehead atoms. The van der Waals surface area contributed by atoms with Gasteiger partial charge < -0.3 is 5.73 Å². The summed E-state index contributed by atoms with van der Waals surface area (Å²) < 4.78 is 0. The van der Waals surface area contributed by atoms with Gasteiger partial charge in [-0.3, -0.25) is 0 Å². The average Bonchev–Trinajstić information content (AvgIpc) is 2.46. The molecule has 3 rings (SSSR count). The van der Waals surface area contributed by atoms with Gasteiger partial charge in [0, 0.05) is 29.1 Å². The molecule has 1 aromatic carbocycles. The maximum absolute atomic E-state index is 6.22. The SMILES string of the molecule is Nc1nccnc1SCc1cc2ccccc2nc1Cl. The summed E-state index contributed by atoms with van der Waals surface area (Å²) in [6, 6.07) is 9.93. The van der Waals surface area contributed by atoms with Crippen LogP contribution in [0.5, 0.6) is 0 Å². The van der Waals surface area contributed by atoms with Crippen LogP contribution in [0.2, 0.25) is 5.15 Å². The molecular weight excluding hydrogens is 292 g/mol. The summed E-state index contributed by atoms with van der Waals surface area (Å²) in [7, 11) is 0. The highest BCUT2D eigenvalue weighted by molar-refractivity contribution is 7.98. The fourth-order valence-electron chi connectivity index (χ4n) is 1.83. The first-order chi connectivity index (χ1) is 9.74. The number of hydrogen-bond acceptors (Lipinski definition) is 5. The van der Waals surface area contributed by atoms with Gasteiger partial charge in [-0.25, -0.2) is 15.0 Å². The lowest BCUT2D eigenvalue weighted by Crippen LogP contribution is -1.95. The first-order valence-electron chi connectivity index (χ1n) is 5.97. The van der Waals surface area contributed by atoms with Gasteiger partial charge >= 0.3 is 0 Å². The average molecular weight is 303 g/mol. The minimum Gasteiger partial charge on any atom is -0.381 e. The third-order valence-corrected chi connectivity index (χ3v) is 4.18. The van der Waals surface area contributed by atoms with Crippen LogP contribution in [0.15, 0.2) is 47.8 Å². The molecule has 3 aromatic rings. The number of thioether (sulfide) groups is 1. The number of rotatable bonds is 3. The number of aromatic nitrogens is 3. The van der Waals surface area contributed by atoms with Crippen LogP contribution in [0, 0.1) is 0 Å². The molecule has 0 amide bonds. The minimum atomic E-state index is 0.433. The predicted molar refractivity (Wildman–Crippen MR) is 82.8 cm³/mol. The zero-order valence-corrected chi connectivity index (χ0v) is 12.0. The minimum absolute atomic E-state index is 0.433. The Hall–Kier alpha value is -1.85. The number of hydrogen-bond donors (Lipinski definition) is 1. The molecule has 0 fully saturated rings. The van der Waals surface area contributed by atoms with E-state index in [0.29, 0.717) is 21.7 Å². The van der Waals surface area contributed by atoms with Gasteiger partial charge in [0.1, 0.15) is 10.2 Å². The van der Waals surface area contributed by atoms with Crippen molar-refractivity contribution < 1.29 is 0 Å². The van der Waals surface area contributed by atoms with E-state index < -0.39 is 0 Å². The van der Waals surface area contributed by atoms with Crippen molar-refractivity contribution in [2.45, 2.75) is 10.8 Å². The summed E-state index contributed by atoms with van der Waals surface area (Å²) in [6.07, 6.45) is 3.20. The maximum atomic E-state index is 6.22. The first-order valence-corrected chi connectivity index (χ1v) is 7.34. The lowest BCUT2D eigenvalue weighted by molar-refractivity contribution is 1.07. The number of halogens is 1. The Balaban J connectivity index is 1.87. The molecule has 0 saturated heterocycles. The topological polar surface area (TPSA) is 64.7 Å². The van der Waals surface area contributed by atoms with Gasteiger partial charge in [-0.15, -0.1) is 0 Å². The quantitative estimate of drug-likeness (QED) is 0.592. The van der Waals surface area contributed by atoms with Gasteiger partial charge in [0.2, 0.25) is 0 Å². The second kappa shape index (κ2) is 5.64. The second-order valence-corrected chi connectivity index (χ2v) is 5.49. The fraction of sp³-hybridized carbons (Fsp3) is 0.0714. The van der Waals surface area contributed by atoms with Crippen molar-refractivity contribution in [1.29, 1.82) is 0 Å². The Morgan fingerprint density at radius 1 is 1.15 bits per heavy atom. The van der Waals surface area contributed by atoms with Crippen molar-refractivity contribution in [2.24, 2.45) is 0 Å². The van der Waals surface area contributed by atoms with E-state index in [1.807, 2.05) is 30.3 Å². The molecule has 0 unspecified atom stereocenters. The normalized spacial score (nSPS) is 10.8. The molecule has 100 valence electrons. The van der Waals surface area contributed by atoms with Crippen LogP contribution in [0.3, 0.4) is 0 Å². The number of fused-ring (bicyclic) bond motifs is 1. The summed E-state index contributed by atoms with van der Waals surface area (Å²) in [6.45, 7) is 0. The number of nitrogens with zero attached hydrogens (tertiary/aromatic N) is 3. The monoisotopic (exact) mass is 302 g/mol. The van der Waals surface area contributed by atoms with Gasteiger partial charge in [0.15, 0.2) is 5.82 Å². The Kier molecular flexibility index (Phi) is 3.71. The number of para-hydroxylation sites is 1. The van der Waals surface area contributed by atoms with Crippen molar-refractivity contribution >= 4 is 40.1 Å². The summed E-state index contributed by atoms with van der Waals surface area (Å²) in [5.74, 6) is 1.09. The molecule has 6 heteroatoms. The van der Waals surface area contributed by atoms with E-state index in [9.17, 15) is 0 Å². The van der Waals surface area contributed by atoms with Crippen LogP contribution in [-0.2, 0) is 5.75 Å². The van der Waals surface area contributed by atoms with E-state index in [4.69, 9.17) is 17.3 Å². The van der Waals surface area contributed by atoms with Gasteiger partial charge in [-0.2, -0.15) is 0 Å². The van der Waals surface area contributed by atoms with E-state index in [1.165, 1.54) is 11.8 Å². The summed E-state index contributed by atoms with van der Waals surface area (Å²) in [5, 5.41) is 2.29. The molecule has 0 atom stereocenters. The van der Waals surface area contributed by atoms with Crippen LogP contribution in [0.1, 0.15) is 5.56 Å². The Labute approximate surface area is 125 Å². The van der Waals surface area contributed by atoms with Crippen molar-refractivity contribution in [1.82, 2.24) is 15.0 Å². The Morgan fingerprint density at radius 3 is 2.80 bits per heavy atom. The van der Waals surface area contributed by atoms with E-state index in [-0.39, 0.29) is 0 Å². The van der Waals surface area contributed by atoms with Crippen LogP contribution in [0.4, 0.5) is 5.82 Å². The van der Waals surface area contributed by atoms with Crippen molar-refractivity contribution in [3.8, 4) is 0 Å². The lowest BCUT2D eigenvalue weighted by atomic mass is 10.2. The Bertz CT molecular complexity index is 763. The molecule has 0 aliphatic rings. The summed E-state index contributed by atoms with van der Waals surface area (Å²) >= 11 is 7.72. The van der Waals surface area contributed by atoms with E-state index >= 15 is 0 Å². The molecule has 0 aliphatic heterocycles. The third kappa shape index (κ3) is 2.69. The Morgan fingerprint density at radius 2 is 1.95 bits per heavy atom. The van der Waals surface area contributed by atoms with Gasteiger partial charge in [0.25, 0.3) is 0 Å². The molecule has 2 heterocycles. The van der Waals surface area contributed by atoms with Crippen molar-refractivity contribution in [3.05, 3.63) is 53.4 Å². The number of nitrogen functional groups attached to an aromatic ring is 1. The molecular formula is C14H11ClN4S. The molecule has 0 radical (unpaired) electrons. The molecule has 2 aromatic heterocycles. The maximum Gasteiger partial charge on any atom is 0.156 e. The van der Waals surface area contributed by atoms with Gasteiger partial charge in [0.05, 0.1) is 5.52 Å². The number of pyridine rings is 1. The van der Waals surface area contributed by atoms with Gasteiger partial charge in [-0.1, -0.05) is 41.6 Å². The van der Waals surface area contributed by atoms with E-state index in [0.717, 1.165) is 16.5 Å². The standard InChI is InChI=1S/C14H11ClN4S/c15-12-10(7-9-3-1-2-4-11(9)19-12)8-20-14-13(16)17-5-6-18-14/h1-7H,8H2,(H2,16,17). The largest absolute Gasteiger partial charge is 0.381 e. The van der Waals surface area contributed by atoms with Crippen LogP contribution >= 0.6 is 23.4 Å². The third-order valence-electron chi connectivity index (χ3n) is 2.81. The number of nitrogens with two attached hydrogens (primary N) is 1. The highest BCUT2D eigenvalue weighted by Gasteiger charge is 2.08. The zero-order valence-electron chi connectivity index (χ0n) is 10.5. The van der Waals surface area contributed by atoms with Crippen LogP contribution in [0.25, 0.3) is 10.9 Å². The highest BCUT2D eigenvalue weighted by Crippen LogP contribution is 2.28.